The van der Waals surface area contributed by atoms with Crippen molar-refractivity contribution in [2.45, 2.75) is 56.9 Å². The molecule has 5 rings (SSSR count). The third kappa shape index (κ3) is 3.03. The van der Waals surface area contributed by atoms with E-state index in [1.54, 1.807) is 18.3 Å². The molecular weight excluding hydrogens is 396 g/mol. The highest BCUT2D eigenvalue weighted by Crippen LogP contribution is 2.40. The maximum Gasteiger partial charge on any atom is 0.265 e. The van der Waals surface area contributed by atoms with Crippen LogP contribution in [0.1, 0.15) is 48.5 Å². The highest BCUT2D eigenvalue weighted by molar-refractivity contribution is 7.92. The first kappa shape index (κ1) is 19.3. The average molecular weight is 423 g/mol. The van der Waals surface area contributed by atoms with Gasteiger partial charge in [0, 0.05) is 29.6 Å². The minimum atomic E-state index is -3.71. The van der Waals surface area contributed by atoms with Crippen molar-refractivity contribution in [3.63, 3.8) is 0 Å². The number of pyridine rings is 1. The van der Waals surface area contributed by atoms with Crippen LogP contribution in [0.4, 0.5) is 5.82 Å². The molecule has 0 radical (unpaired) electrons. The van der Waals surface area contributed by atoms with Gasteiger partial charge in [0.05, 0.1) is 16.6 Å². The average Bonchev–Trinajstić information content (AvgIpc) is 3.33. The van der Waals surface area contributed by atoms with Crippen LogP contribution in [-0.2, 0) is 16.4 Å². The van der Waals surface area contributed by atoms with Gasteiger partial charge in [0.25, 0.3) is 10.0 Å². The third-order valence-corrected chi connectivity index (χ3v) is 8.20. The van der Waals surface area contributed by atoms with E-state index in [0.717, 1.165) is 40.9 Å². The van der Waals surface area contributed by atoms with Crippen molar-refractivity contribution in [1.82, 2.24) is 14.8 Å². The lowest BCUT2D eigenvalue weighted by Crippen LogP contribution is -2.33. The highest BCUT2D eigenvalue weighted by Gasteiger charge is 2.34. The molecule has 3 heterocycles. The molecule has 7 heteroatoms. The van der Waals surface area contributed by atoms with Gasteiger partial charge in [0.15, 0.2) is 5.82 Å². The van der Waals surface area contributed by atoms with Gasteiger partial charge < -0.3 is 0 Å². The highest BCUT2D eigenvalue weighted by atomic mass is 32.2. The predicted octanol–water partition coefficient (Wildman–Crippen LogP) is 4.43. The normalized spacial score (nSPS) is 16.9. The zero-order valence-electron chi connectivity index (χ0n) is 17.4. The van der Waals surface area contributed by atoms with Gasteiger partial charge in [-0.2, -0.15) is 5.10 Å². The van der Waals surface area contributed by atoms with Crippen LogP contribution in [0.3, 0.4) is 0 Å². The van der Waals surface area contributed by atoms with E-state index in [1.807, 2.05) is 31.2 Å². The molecule has 2 aromatic heterocycles. The van der Waals surface area contributed by atoms with Gasteiger partial charge in [-0.15, -0.1) is 0 Å². The first-order valence-electron chi connectivity index (χ1n) is 10.6. The fourth-order valence-corrected chi connectivity index (χ4v) is 6.18. The van der Waals surface area contributed by atoms with E-state index >= 15 is 0 Å². The van der Waals surface area contributed by atoms with E-state index in [2.05, 4.69) is 16.6 Å². The number of hydrogen-bond donors (Lipinski definition) is 0. The smallest absolute Gasteiger partial charge is 0.265 e. The standard InChI is InChI=1S/C23H26N4O2S/c1-16-9-11-19(12-10-16)30(28,29)26-15-13-20-17(2)27(18-6-3-4-7-18)25-22(20)21-8-5-14-24-23(21)26/h5,8-12,14,18H,3-4,6-7,13,15H2,1-2H3. The molecule has 1 saturated carbocycles. The molecule has 0 atom stereocenters. The molecule has 0 unspecified atom stereocenters. The van der Waals surface area contributed by atoms with Crippen LogP contribution in [0.15, 0.2) is 47.5 Å². The Balaban J connectivity index is 1.63. The van der Waals surface area contributed by atoms with Crippen molar-refractivity contribution in [3.8, 4) is 11.3 Å². The van der Waals surface area contributed by atoms with Gasteiger partial charge in [-0.3, -0.25) is 4.68 Å². The largest absolute Gasteiger partial charge is 0.266 e. The van der Waals surface area contributed by atoms with Crippen molar-refractivity contribution in [2.75, 3.05) is 10.8 Å². The van der Waals surface area contributed by atoms with E-state index in [0.29, 0.717) is 24.8 Å². The lowest BCUT2D eigenvalue weighted by molar-refractivity contribution is 0.457. The van der Waals surface area contributed by atoms with E-state index in [-0.39, 0.29) is 4.90 Å². The van der Waals surface area contributed by atoms with Gasteiger partial charge in [-0.05, 0) is 57.4 Å². The van der Waals surface area contributed by atoms with Crippen LogP contribution < -0.4 is 4.31 Å². The molecule has 0 N–H and O–H groups in total. The summed E-state index contributed by atoms with van der Waals surface area (Å²) in [5.41, 5.74) is 4.99. The Kier molecular flexibility index (Phi) is 4.65. The van der Waals surface area contributed by atoms with Gasteiger partial charge in [0.2, 0.25) is 0 Å². The number of anilines is 1. The first-order valence-corrected chi connectivity index (χ1v) is 12.0. The molecule has 1 aromatic carbocycles. The number of aryl methyl sites for hydroxylation is 1. The number of sulfonamides is 1. The molecule has 2 aliphatic rings. The summed E-state index contributed by atoms with van der Waals surface area (Å²) in [5, 5.41) is 4.99. The summed E-state index contributed by atoms with van der Waals surface area (Å²) in [6, 6.07) is 11.2. The van der Waals surface area contributed by atoms with Crippen molar-refractivity contribution in [3.05, 3.63) is 59.4 Å². The van der Waals surface area contributed by atoms with Crippen LogP contribution in [0.2, 0.25) is 0 Å². The van der Waals surface area contributed by atoms with Crippen LogP contribution in [-0.4, -0.2) is 29.7 Å². The first-order chi connectivity index (χ1) is 14.5. The van der Waals surface area contributed by atoms with Gasteiger partial charge in [0.1, 0.15) is 0 Å². The Hall–Kier alpha value is -2.67. The fourth-order valence-electron chi connectivity index (χ4n) is 4.74. The summed E-state index contributed by atoms with van der Waals surface area (Å²) >= 11 is 0. The second-order valence-corrected chi connectivity index (χ2v) is 10.2. The molecule has 1 fully saturated rings. The molecule has 0 spiro atoms. The number of hydrogen-bond acceptors (Lipinski definition) is 4. The van der Waals surface area contributed by atoms with Crippen LogP contribution >= 0.6 is 0 Å². The van der Waals surface area contributed by atoms with Crippen LogP contribution in [0.25, 0.3) is 11.3 Å². The lowest BCUT2D eigenvalue weighted by atomic mass is 10.1. The van der Waals surface area contributed by atoms with Crippen molar-refractivity contribution in [1.29, 1.82) is 0 Å². The third-order valence-electron chi connectivity index (χ3n) is 6.40. The van der Waals surface area contributed by atoms with E-state index in [9.17, 15) is 8.42 Å². The van der Waals surface area contributed by atoms with E-state index < -0.39 is 10.0 Å². The molecule has 1 aliphatic heterocycles. The number of nitrogens with zero attached hydrogens (tertiary/aromatic N) is 4. The maximum atomic E-state index is 13.5. The molecule has 0 bridgehead atoms. The van der Waals surface area contributed by atoms with Gasteiger partial charge in [-0.25, -0.2) is 17.7 Å². The minimum absolute atomic E-state index is 0.289. The van der Waals surface area contributed by atoms with E-state index in [1.165, 1.54) is 17.1 Å². The summed E-state index contributed by atoms with van der Waals surface area (Å²) in [4.78, 5) is 4.79. The predicted molar refractivity (Wildman–Crippen MR) is 117 cm³/mol. The second kappa shape index (κ2) is 7.23. The Bertz CT molecular complexity index is 1190. The summed E-state index contributed by atoms with van der Waals surface area (Å²) < 4.78 is 30.6. The molecule has 0 amide bonds. The lowest BCUT2D eigenvalue weighted by Gasteiger charge is -2.23. The minimum Gasteiger partial charge on any atom is -0.266 e. The number of aromatic nitrogens is 3. The molecule has 156 valence electrons. The van der Waals surface area contributed by atoms with Crippen molar-refractivity contribution in [2.24, 2.45) is 0 Å². The summed E-state index contributed by atoms with van der Waals surface area (Å²) in [7, 11) is -3.71. The van der Waals surface area contributed by atoms with Crippen LogP contribution in [0, 0.1) is 13.8 Å². The van der Waals surface area contributed by atoms with Crippen molar-refractivity contribution >= 4 is 15.8 Å². The van der Waals surface area contributed by atoms with Gasteiger partial charge >= 0.3 is 0 Å². The quantitative estimate of drug-likeness (QED) is 0.626. The maximum absolute atomic E-state index is 13.5. The molecule has 30 heavy (non-hydrogen) atoms. The molecule has 6 nitrogen and oxygen atoms in total. The summed E-state index contributed by atoms with van der Waals surface area (Å²) in [6.07, 6.45) is 7.09. The number of benzene rings is 1. The number of fused-ring (bicyclic) bond motifs is 3. The Morgan fingerprint density at radius 1 is 1.03 bits per heavy atom. The Morgan fingerprint density at radius 2 is 1.77 bits per heavy atom. The second-order valence-electron chi connectivity index (χ2n) is 8.31. The monoisotopic (exact) mass is 422 g/mol. The number of rotatable bonds is 3. The van der Waals surface area contributed by atoms with Crippen LogP contribution in [0.5, 0.6) is 0 Å². The Morgan fingerprint density at radius 3 is 2.50 bits per heavy atom. The zero-order chi connectivity index (χ0) is 20.9. The Labute approximate surface area is 177 Å². The van der Waals surface area contributed by atoms with Crippen molar-refractivity contribution < 1.29 is 8.42 Å². The van der Waals surface area contributed by atoms with Gasteiger partial charge in [-0.1, -0.05) is 30.5 Å². The SMILES string of the molecule is Cc1ccc(S(=O)(=O)N2CCc3c(nn(C4CCCC4)c3C)-c3cccnc32)cc1. The molecule has 3 aromatic rings. The molecule has 0 saturated heterocycles. The van der Waals surface area contributed by atoms with E-state index in [4.69, 9.17) is 5.10 Å². The zero-order valence-corrected chi connectivity index (χ0v) is 18.2. The fraction of sp³-hybridized carbons (Fsp3) is 0.391. The molecule has 1 aliphatic carbocycles. The summed E-state index contributed by atoms with van der Waals surface area (Å²) in [5.74, 6) is 0.466. The topological polar surface area (TPSA) is 68.1 Å². The molecular formula is C23H26N4O2S. The summed E-state index contributed by atoms with van der Waals surface area (Å²) in [6.45, 7) is 4.42.